The maximum Gasteiger partial charge on any atom is 0.322 e. The molecule has 9 heteroatoms. The van der Waals surface area contributed by atoms with Gasteiger partial charge in [-0.05, 0) is 69.2 Å². The maximum atomic E-state index is 12.1. The lowest BCUT2D eigenvalue weighted by Gasteiger charge is -2.41. The van der Waals surface area contributed by atoms with Gasteiger partial charge in [0.25, 0.3) is 5.91 Å². The summed E-state index contributed by atoms with van der Waals surface area (Å²) >= 11 is 12.6. The average molecular weight is 507 g/mol. The average Bonchev–Trinajstić information content (AvgIpc) is 3.37. The number of hydrogen-bond acceptors (Lipinski definition) is 5. The second-order valence-corrected chi connectivity index (χ2v) is 10.1. The van der Waals surface area contributed by atoms with Crippen molar-refractivity contribution in [2.24, 2.45) is 5.92 Å². The highest BCUT2D eigenvalue weighted by molar-refractivity contribution is 6.43. The molecule has 1 aliphatic carbocycles. The first-order chi connectivity index (χ1) is 16.4. The van der Waals surface area contributed by atoms with Gasteiger partial charge < -0.3 is 14.6 Å². The molecule has 0 spiro atoms. The Kier molecular flexibility index (Phi) is 8.40. The van der Waals surface area contributed by atoms with Crippen LogP contribution in [0.4, 0.5) is 10.5 Å². The summed E-state index contributed by atoms with van der Waals surface area (Å²) in [6, 6.07) is 9.10. The first-order valence-corrected chi connectivity index (χ1v) is 12.7. The summed E-state index contributed by atoms with van der Waals surface area (Å²) in [5.74, 6) is 0.258. The first kappa shape index (κ1) is 24.9. The number of nitrogens with one attached hydrogen (secondary N) is 2. The zero-order valence-electron chi connectivity index (χ0n) is 19.4. The van der Waals surface area contributed by atoms with E-state index >= 15 is 0 Å². The monoisotopic (exact) mass is 506 g/mol. The van der Waals surface area contributed by atoms with Crippen molar-refractivity contribution < 1.29 is 14.0 Å². The summed E-state index contributed by atoms with van der Waals surface area (Å²) in [5.41, 5.74) is 1.02. The van der Waals surface area contributed by atoms with E-state index in [0.717, 1.165) is 64.0 Å². The molecular weight excluding hydrogens is 475 g/mol. The van der Waals surface area contributed by atoms with Gasteiger partial charge in [-0.3, -0.25) is 15.0 Å². The fourth-order valence-electron chi connectivity index (χ4n) is 5.11. The van der Waals surface area contributed by atoms with Gasteiger partial charge in [0.2, 0.25) is 0 Å². The van der Waals surface area contributed by atoms with E-state index in [-0.39, 0.29) is 11.8 Å². The van der Waals surface area contributed by atoms with Gasteiger partial charge in [0.05, 0.1) is 22.0 Å². The molecular formula is C25H32Cl2N4O3. The van der Waals surface area contributed by atoms with Crippen LogP contribution >= 0.6 is 23.2 Å². The fourth-order valence-corrected chi connectivity index (χ4v) is 5.52. The normalized spacial score (nSPS) is 22.3. The molecule has 1 aliphatic heterocycles. The van der Waals surface area contributed by atoms with Crippen molar-refractivity contribution in [1.82, 2.24) is 15.5 Å². The Morgan fingerprint density at radius 3 is 2.47 bits per heavy atom. The Hall–Kier alpha value is -2.22. The molecule has 0 radical (unpaired) electrons. The Morgan fingerprint density at radius 1 is 1.06 bits per heavy atom. The van der Waals surface area contributed by atoms with E-state index in [9.17, 15) is 9.59 Å². The first-order valence-electron chi connectivity index (χ1n) is 12.0. The van der Waals surface area contributed by atoms with Crippen molar-refractivity contribution in [2.45, 2.75) is 51.1 Å². The molecule has 1 saturated carbocycles. The molecule has 0 bridgehead atoms. The molecule has 7 nitrogen and oxygen atoms in total. The predicted octanol–water partition coefficient (Wildman–Crippen LogP) is 5.19. The minimum atomic E-state index is -0.525. The van der Waals surface area contributed by atoms with Crippen LogP contribution in [0.5, 0.6) is 0 Å². The van der Waals surface area contributed by atoms with Gasteiger partial charge in [-0.1, -0.05) is 29.3 Å². The molecule has 1 aromatic heterocycles. The van der Waals surface area contributed by atoms with Gasteiger partial charge in [-0.2, -0.15) is 0 Å². The van der Waals surface area contributed by atoms with Crippen LogP contribution < -0.4 is 15.5 Å². The van der Waals surface area contributed by atoms with Gasteiger partial charge in [0.1, 0.15) is 0 Å². The summed E-state index contributed by atoms with van der Waals surface area (Å²) < 4.78 is 5.02. The summed E-state index contributed by atoms with van der Waals surface area (Å²) in [7, 11) is 0. The third-order valence-corrected chi connectivity index (χ3v) is 7.85. The Balaban J connectivity index is 1.16. The number of carbonyl (C=O) groups excluding carboxylic acids is 2. The van der Waals surface area contributed by atoms with E-state index < -0.39 is 11.9 Å². The Labute approximate surface area is 210 Å². The lowest BCUT2D eigenvalue weighted by molar-refractivity contribution is 0.0935. The smallest absolute Gasteiger partial charge is 0.322 e. The molecule has 34 heavy (non-hydrogen) atoms. The van der Waals surface area contributed by atoms with Crippen molar-refractivity contribution in [3.8, 4) is 0 Å². The van der Waals surface area contributed by atoms with Crippen LogP contribution in [0, 0.1) is 5.92 Å². The summed E-state index contributed by atoms with van der Waals surface area (Å²) in [4.78, 5) is 28.9. The van der Waals surface area contributed by atoms with Crippen LogP contribution in [-0.2, 0) is 0 Å². The second kappa shape index (κ2) is 11.5. The van der Waals surface area contributed by atoms with E-state index in [1.165, 1.54) is 12.3 Å². The number of anilines is 1. The number of rotatable bonds is 6. The standard InChI is InChI=1S/C25H32Cl2N4O3/c1-17(30-11-13-31(14-12-30)21-5-2-4-20(26)23(21)27)16-18-7-9-19(10-8-18)28-25(33)29-24(32)22-6-3-15-34-22/h2-6,15,17-19H,7-14,16H2,1H3,(H2,28,29,32,33)/t17?,18-,19-. The van der Waals surface area contributed by atoms with Gasteiger partial charge in [0, 0.05) is 38.3 Å². The lowest BCUT2D eigenvalue weighted by Crippen LogP contribution is -2.50. The Morgan fingerprint density at radius 2 is 1.79 bits per heavy atom. The summed E-state index contributed by atoms with van der Waals surface area (Å²) in [6.07, 6.45) is 6.60. The minimum absolute atomic E-state index is 0.0990. The Bertz CT molecular complexity index is 969. The van der Waals surface area contributed by atoms with Crippen molar-refractivity contribution in [3.05, 3.63) is 52.4 Å². The van der Waals surface area contributed by atoms with Crippen LogP contribution in [0.1, 0.15) is 49.6 Å². The van der Waals surface area contributed by atoms with Crippen molar-refractivity contribution in [3.63, 3.8) is 0 Å². The third kappa shape index (κ3) is 6.26. The largest absolute Gasteiger partial charge is 0.459 e. The van der Waals surface area contributed by atoms with Crippen LogP contribution in [0.2, 0.25) is 10.0 Å². The molecule has 1 aromatic carbocycles. The second-order valence-electron chi connectivity index (χ2n) is 9.30. The molecule has 1 unspecified atom stereocenters. The number of piperazine rings is 1. The fraction of sp³-hybridized carbons (Fsp3) is 0.520. The number of furan rings is 1. The summed E-state index contributed by atoms with van der Waals surface area (Å²) in [6.45, 7) is 6.20. The number of carbonyl (C=O) groups is 2. The van der Waals surface area contributed by atoms with Gasteiger partial charge in [0.15, 0.2) is 5.76 Å². The van der Waals surface area contributed by atoms with Gasteiger partial charge >= 0.3 is 6.03 Å². The topological polar surface area (TPSA) is 77.8 Å². The zero-order chi connectivity index (χ0) is 24.1. The molecule has 2 N–H and O–H groups in total. The SMILES string of the molecule is CC(C[C@H]1CC[C@H](NC(=O)NC(=O)c2ccco2)CC1)N1CCN(c2cccc(Cl)c2Cl)CC1. The molecule has 3 amide bonds. The van der Waals surface area contributed by atoms with Crippen LogP contribution in [0.15, 0.2) is 41.0 Å². The lowest BCUT2D eigenvalue weighted by atomic mass is 9.82. The number of hydrogen-bond donors (Lipinski definition) is 2. The van der Waals surface area contributed by atoms with E-state index in [1.54, 1.807) is 6.07 Å². The highest BCUT2D eigenvalue weighted by Crippen LogP contribution is 2.34. The summed E-state index contributed by atoms with van der Waals surface area (Å²) in [5, 5.41) is 6.49. The van der Waals surface area contributed by atoms with Crippen LogP contribution in [0.3, 0.4) is 0 Å². The number of benzene rings is 1. The molecule has 2 aromatic rings. The number of urea groups is 1. The number of amides is 3. The van der Waals surface area contributed by atoms with Crippen molar-refractivity contribution in [1.29, 1.82) is 0 Å². The van der Waals surface area contributed by atoms with E-state index in [0.29, 0.717) is 22.0 Å². The quantitative estimate of drug-likeness (QED) is 0.563. The minimum Gasteiger partial charge on any atom is -0.459 e. The van der Waals surface area contributed by atoms with Crippen LogP contribution in [-0.4, -0.2) is 55.1 Å². The zero-order valence-corrected chi connectivity index (χ0v) is 20.9. The maximum absolute atomic E-state index is 12.1. The molecule has 2 heterocycles. The number of imide groups is 1. The van der Waals surface area contributed by atoms with E-state index in [1.807, 2.05) is 18.2 Å². The highest BCUT2D eigenvalue weighted by Gasteiger charge is 2.28. The molecule has 1 saturated heterocycles. The van der Waals surface area contributed by atoms with Gasteiger partial charge in [-0.15, -0.1) is 0 Å². The third-order valence-electron chi connectivity index (χ3n) is 7.04. The molecule has 4 rings (SSSR count). The van der Waals surface area contributed by atoms with E-state index in [4.69, 9.17) is 27.6 Å². The predicted molar refractivity (Wildman–Crippen MR) is 135 cm³/mol. The molecule has 2 aliphatic rings. The molecule has 2 fully saturated rings. The van der Waals surface area contributed by atoms with Crippen molar-refractivity contribution >= 4 is 40.8 Å². The molecule has 1 atom stereocenters. The number of halogens is 2. The van der Waals surface area contributed by atoms with E-state index in [2.05, 4.69) is 27.4 Å². The van der Waals surface area contributed by atoms with Crippen LogP contribution in [0.25, 0.3) is 0 Å². The number of nitrogens with zero attached hydrogens (tertiary/aromatic N) is 2. The van der Waals surface area contributed by atoms with Crippen molar-refractivity contribution in [2.75, 3.05) is 31.1 Å². The molecule has 184 valence electrons. The van der Waals surface area contributed by atoms with Gasteiger partial charge in [-0.25, -0.2) is 4.79 Å². The highest BCUT2D eigenvalue weighted by atomic mass is 35.5.